The van der Waals surface area contributed by atoms with E-state index in [0.29, 0.717) is 11.3 Å². The van der Waals surface area contributed by atoms with Crippen molar-refractivity contribution in [3.63, 3.8) is 0 Å². The molecule has 0 aliphatic heterocycles. The van der Waals surface area contributed by atoms with Gasteiger partial charge >= 0.3 is 0 Å². The molecule has 1 aromatic heterocycles. The molecular formula is C15H11BrN3O2S2-. The van der Waals surface area contributed by atoms with E-state index < -0.39 is 11.1 Å². The number of hydrogen-bond acceptors (Lipinski definition) is 6. The van der Waals surface area contributed by atoms with Gasteiger partial charge in [-0.1, -0.05) is 28.1 Å². The van der Waals surface area contributed by atoms with Gasteiger partial charge in [-0.25, -0.2) is 0 Å². The Balaban J connectivity index is 0.000000140. The third-order valence-electron chi connectivity index (χ3n) is 3.30. The lowest BCUT2D eigenvalue weighted by Gasteiger charge is -2.08. The molecule has 1 heterocycles. The lowest BCUT2D eigenvalue weighted by Crippen LogP contribution is -1.90. The number of allylic oxidation sites excluding steroid dienone is 1. The highest BCUT2D eigenvalue weighted by Crippen LogP contribution is 2.30. The van der Waals surface area contributed by atoms with Crippen molar-refractivity contribution >= 4 is 60.4 Å². The molecule has 0 amide bonds. The van der Waals surface area contributed by atoms with Crippen LogP contribution in [0, 0.1) is 0 Å². The summed E-state index contributed by atoms with van der Waals surface area (Å²) >= 11 is 2.44. The minimum Gasteiger partial charge on any atom is -0.768 e. The fourth-order valence-corrected chi connectivity index (χ4v) is 3.77. The van der Waals surface area contributed by atoms with E-state index in [-0.39, 0.29) is 0 Å². The van der Waals surface area contributed by atoms with Crippen LogP contribution in [0.25, 0.3) is 15.9 Å². The lowest BCUT2D eigenvalue weighted by atomic mass is 10.1. The molecule has 4 rings (SSSR count). The monoisotopic (exact) mass is 408 g/mol. The van der Waals surface area contributed by atoms with Crippen LogP contribution in [0.5, 0.6) is 0 Å². The van der Waals surface area contributed by atoms with Gasteiger partial charge in [-0.2, -0.15) is 8.75 Å². The minimum absolute atomic E-state index is 0.419. The third kappa shape index (κ3) is 3.66. The molecule has 0 radical (unpaired) electrons. The van der Waals surface area contributed by atoms with Crippen LogP contribution >= 0.6 is 27.7 Å². The number of hydrogen-bond donors (Lipinski definition) is 1. The third-order valence-corrected chi connectivity index (χ3v) is 5.09. The number of rotatable bonds is 1. The maximum absolute atomic E-state index is 10.8. The molecule has 0 bridgehead atoms. The Kier molecular flexibility index (Phi) is 4.86. The smallest absolute Gasteiger partial charge is 0.106 e. The highest BCUT2D eigenvalue weighted by atomic mass is 79.9. The maximum atomic E-state index is 10.8. The molecule has 1 aliphatic carbocycles. The van der Waals surface area contributed by atoms with Crippen LogP contribution in [-0.4, -0.2) is 17.5 Å². The number of fused-ring (bicyclic) bond motifs is 2. The van der Waals surface area contributed by atoms with Crippen LogP contribution in [0.2, 0.25) is 0 Å². The maximum Gasteiger partial charge on any atom is 0.106 e. The summed E-state index contributed by atoms with van der Waals surface area (Å²) in [5.41, 5.74) is 9.95. The van der Waals surface area contributed by atoms with Gasteiger partial charge in [0.25, 0.3) is 0 Å². The van der Waals surface area contributed by atoms with Crippen molar-refractivity contribution in [3.05, 3.63) is 58.1 Å². The number of anilines is 1. The van der Waals surface area contributed by atoms with Crippen molar-refractivity contribution in [2.75, 3.05) is 5.73 Å². The Morgan fingerprint density at radius 3 is 2.74 bits per heavy atom. The molecule has 23 heavy (non-hydrogen) atoms. The molecule has 0 spiro atoms. The first-order chi connectivity index (χ1) is 11.0. The van der Waals surface area contributed by atoms with Crippen molar-refractivity contribution in [1.82, 2.24) is 8.75 Å². The van der Waals surface area contributed by atoms with Gasteiger partial charge in [-0.05, 0) is 59.0 Å². The molecule has 1 unspecified atom stereocenters. The molecular weight excluding hydrogens is 398 g/mol. The van der Waals surface area contributed by atoms with E-state index in [1.54, 1.807) is 6.08 Å². The quantitative estimate of drug-likeness (QED) is 0.491. The standard InChI is InChI=1S/C9H7BrO2S.C6H5N3S/c10-7-2-3-8-6(5-7)1-4-9(8)13(11)12;7-4-1-2-5-6(3-4)9-10-8-5/h2-5H,1H2,(H,11,12);1-3H,7H2/p-1. The fourth-order valence-electron chi connectivity index (χ4n) is 2.24. The second-order valence-corrected chi connectivity index (χ2v) is 7.17. The normalized spacial score (nSPS) is 13.9. The molecule has 0 saturated carbocycles. The average molecular weight is 409 g/mol. The molecule has 5 nitrogen and oxygen atoms in total. The zero-order chi connectivity index (χ0) is 16.4. The highest BCUT2D eigenvalue weighted by molar-refractivity contribution is 9.10. The summed E-state index contributed by atoms with van der Waals surface area (Å²) in [4.78, 5) is 0.419. The summed E-state index contributed by atoms with van der Waals surface area (Å²) in [6.45, 7) is 0. The van der Waals surface area contributed by atoms with Crippen LogP contribution in [0.1, 0.15) is 11.1 Å². The van der Waals surface area contributed by atoms with Crippen LogP contribution in [-0.2, 0) is 17.5 Å². The molecule has 1 atom stereocenters. The van der Waals surface area contributed by atoms with Crippen molar-refractivity contribution < 1.29 is 8.76 Å². The molecule has 118 valence electrons. The van der Waals surface area contributed by atoms with E-state index in [4.69, 9.17) is 5.73 Å². The van der Waals surface area contributed by atoms with Crippen molar-refractivity contribution in [2.45, 2.75) is 6.42 Å². The zero-order valence-corrected chi connectivity index (χ0v) is 15.0. The second kappa shape index (κ2) is 6.88. The van der Waals surface area contributed by atoms with Gasteiger partial charge in [0.05, 0.1) is 11.7 Å². The summed E-state index contributed by atoms with van der Waals surface area (Å²) in [6, 6.07) is 11.1. The predicted octanol–water partition coefficient (Wildman–Crippen LogP) is 3.50. The molecule has 0 fully saturated rings. The first-order valence-electron chi connectivity index (χ1n) is 6.60. The largest absolute Gasteiger partial charge is 0.768 e. The Bertz CT molecular complexity index is 924. The van der Waals surface area contributed by atoms with Gasteiger partial charge in [-0.15, -0.1) is 0 Å². The first-order valence-corrected chi connectivity index (χ1v) is 9.20. The van der Waals surface area contributed by atoms with Gasteiger partial charge in [-0.3, -0.25) is 4.21 Å². The summed E-state index contributed by atoms with van der Waals surface area (Å²) in [7, 11) is 0. The molecule has 2 N–H and O–H groups in total. The minimum atomic E-state index is -2.11. The number of nitrogens with zero attached hydrogens (tertiary/aromatic N) is 2. The zero-order valence-electron chi connectivity index (χ0n) is 11.7. The molecule has 0 saturated heterocycles. The van der Waals surface area contributed by atoms with Crippen LogP contribution in [0.15, 0.2) is 46.9 Å². The van der Waals surface area contributed by atoms with E-state index in [1.165, 1.54) is 11.7 Å². The predicted molar refractivity (Wildman–Crippen MR) is 96.6 cm³/mol. The van der Waals surface area contributed by atoms with Crippen LogP contribution < -0.4 is 5.73 Å². The number of aromatic nitrogens is 2. The van der Waals surface area contributed by atoms with Gasteiger partial charge in [0.15, 0.2) is 0 Å². The number of halogens is 1. The number of benzene rings is 2. The fraction of sp³-hybridized carbons (Fsp3) is 0.0667. The number of nitrogen functional groups attached to an aromatic ring is 1. The van der Waals surface area contributed by atoms with E-state index in [9.17, 15) is 8.76 Å². The van der Waals surface area contributed by atoms with E-state index in [1.807, 2.05) is 36.4 Å². The number of nitrogens with two attached hydrogens (primary N) is 1. The Morgan fingerprint density at radius 1 is 1.17 bits per heavy atom. The molecule has 1 aliphatic rings. The van der Waals surface area contributed by atoms with Crippen molar-refractivity contribution in [3.8, 4) is 0 Å². The lowest BCUT2D eigenvalue weighted by molar-refractivity contribution is 0.548. The molecule has 2 aromatic carbocycles. The summed E-state index contributed by atoms with van der Waals surface area (Å²) < 4.78 is 30.6. The van der Waals surface area contributed by atoms with E-state index >= 15 is 0 Å². The summed E-state index contributed by atoms with van der Waals surface area (Å²) in [6.07, 6.45) is 2.44. The summed E-state index contributed by atoms with van der Waals surface area (Å²) in [5.74, 6) is 0. The van der Waals surface area contributed by atoms with Crippen molar-refractivity contribution in [2.24, 2.45) is 0 Å². The van der Waals surface area contributed by atoms with Gasteiger partial charge < -0.3 is 10.3 Å². The van der Waals surface area contributed by atoms with Gasteiger partial charge in [0.1, 0.15) is 11.0 Å². The summed E-state index contributed by atoms with van der Waals surface area (Å²) in [5, 5.41) is 0. The molecule has 3 aromatic rings. The Morgan fingerprint density at radius 2 is 1.96 bits per heavy atom. The second-order valence-electron chi connectivity index (χ2n) is 4.82. The van der Waals surface area contributed by atoms with Gasteiger partial charge in [0.2, 0.25) is 0 Å². The Hall–Kier alpha value is -1.61. The topological polar surface area (TPSA) is 91.9 Å². The highest BCUT2D eigenvalue weighted by Gasteiger charge is 2.14. The van der Waals surface area contributed by atoms with Crippen molar-refractivity contribution in [1.29, 1.82) is 0 Å². The molecule has 8 heteroatoms. The van der Waals surface area contributed by atoms with Crippen LogP contribution in [0.4, 0.5) is 5.69 Å². The van der Waals surface area contributed by atoms with Crippen LogP contribution in [0.3, 0.4) is 0 Å². The SMILES string of the molecule is Nc1ccc2nsnc2c1.O=S([O-])C1=CCc2cc(Br)ccc21. The van der Waals surface area contributed by atoms with E-state index in [0.717, 1.165) is 32.3 Å². The Labute approximate surface area is 148 Å². The van der Waals surface area contributed by atoms with E-state index in [2.05, 4.69) is 24.7 Å². The van der Waals surface area contributed by atoms with Gasteiger partial charge in [0, 0.05) is 15.1 Å². The average Bonchev–Trinajstić information content (AvgIpc) is 3.12. The first kappa shape index (κ1) is 16.3.